The number of aliphatic hydroxyl groups is 1. The van der Waals surface area contributed by atoms with E-state index >= 15 is 0 Å². The van der Waals surface area contributed by atoms with Crippen molar-refractivity contribution in [2.24, 2.45) is 0 Å². The van der Waals surface area contributed by atoms with Crippen molar-refractivity contribution in [1.29, 1.82) is 0 Å². The van der Waals surface area contributed by atoms with Gasteiger partial charge in [-0.25, -0.2) is 4.98 Å². The monoisotopic (exact) mass is 293 g/mol. The molecule has 2 heterocycles. The molecule has 0 aromatic carbocycles. The molecule has 3 N–H and O–H groups in total. The van der Waals surface area contributed by atoms with E-state index < -0.39 is 0 Å². The van der Waals surface area contributed by atoms with Crippen LogP contribution in [0.4, 0.5) is 0 Å². The molecule has 0 amide bonds. The summed E-state index contributed by atoms with van der Waals surface area (Å²) >= 11 is 1.61. The SMILES string of the molecule is CCC(NCc1c(CO)cnc(C)c1O)c1nccs1. The Bertz CT molecular complexity index is 558. The molecule has 1 atom stereocenters. The van der Waals surface area contributed by atoms with E-state index in [1.54, 1.807) is 30.7 Å². The summed E-state index contributed by atoms with van der Waals surface area (Å²) in [4.78, 5) is 8.37. The topological polar surface area (TPSA) is 78.3 Å². The van der Waals surface area contributed by atoms with Crippen LogP contribution < -0.4 is 5.32 Å². The fourth-order valence-corrected chi connectivity index (χ4v) is 2.85. The van der Waals surface area contributed by atoms with Crippen molar-refractivity contribution in [3.8, 4) is 5.75 Å². The van der Waals surface area contributed by atoms with Crippen LogP contribution in [0.3, 0.4) is 0 Å². The van der Waals surface area contributed by atoms with E-state index in [-0.39, 0.29) is 18.4 Å². The second-order valence-corrected chi connectivity index (χ2v) is 5.49. The summed E-state index contributed by atoms with van der Waals surface area (Å²) in [5.41, 5.74) is 1.92. The maximum absolute atomic E-state index is 10.1. The molecule has 0 saturated heterocycles. The maximum atomic E-state index is 10.1. The Labute approximate surface area is 122 Å². The molecule has 2 aromatic rings. The van der Waals surface area contributed by atoms with E-state index in [9.17, 15) is 10.2 Å². The third-order valence-corrected chi connectivity index (χ3v) is 4.17. The molecule has 2 rings (SSSR count). The Balaban J connectivity index is 2.16. The zero-order valence-corrected chi connectivity index (χ0v) is 12.4. The normalized spacial score (nSPS) is 12.6. The van der Waals surface area contributed by atoms with E-state index in [2.05, 4.69) is 22.2 Å². The lowest BCUT2D eigenvalue weighted by atomic mass is 10.1. The van der Waals surface area contributed by atoms with Gasteiger partial charge in [0.05, 0.1) is 18.3 Å². The van der Waals surface area contributed by atoms with E-state index in [1.165, 1.54) is 0 Å². The molecule has 0 aliphatic heterocycles. The number of hydrogen-bond donors (Lipinski definition) is 3. The van der Waals surface area contributed by atoms with Crippen molar-refractivity contribution in [1.82, 2.24) is 15.3 Å². The lowest BCUT2D eigenvalue weighted by Crippen LogP contribution is -2.21. The number of hydrogen-bond acceptors (Lipinski definition) is 6. The smallest absolute Gasteiger partial charge is 0.141 e. The Morgan fingerprint density at radius 3 is 2.80 bits per heavy atom. The van der Waals surface area contributed by atoms with Crippen LogP contribution in [0.15, 0.2) is 17.8 Å². The number of nitrogens with zero attached hydrogens (tertiary/aromatic N) is 2. The van der Waals surface area contributed by atoms with Gasteiger partial charge in [0.15, 0.2) is 0 Å². The molecular formula is C14H19N3O2S. The van der Waals surface area contributed by atoms with Crippen LogP contribution in [0.5, 0.6) is 5.75 Å². The van der Waals surface area contributed by atoms with Crippen molar-refractivity contribution in [3.63, 3.8) is 0 Å². The Kier molecular flexibility index (Phi) is 5.05. The Morgan fingerprint density at radius 2 is 2.20 bits per heavy atom. The van der Waals surface area contributed by atoms with Gasteiger partial charge < -0.3 is 15.5 Å². The van der Waals surface area contributed by atoms with E-state index in [4.69, 9.17) is 0 Å². The van der Waals surface area contributed by atoms with Crippen LogP contribution in [-0.2, 0) is 13.2 Å². The number of thiazole rings is 1. The number of aliphatic hydroxyl groups excluding tert-OH is 1. The van der Waals surface area contributed by atoms with Gasteiger partial charge in [-0.3, -0.25) is 4.98 Å². The quantitative estimate of drug-likeness (QED) is 0.761. The first-order chi connectivity index (χ1) is 9.67. The second kappa shape index (κ2) is 6.78. The molecule has 0 saturated carbocycles. The summed E-state index contributed by atoms with van der Waals surface area (Å²) in [7, 11) is 0. The second-order valence-electron chi connectivity index (χ2n) is 4.57. The van der Waals surface area contributed by atoms with Crippen LogP contribution in [-0.4, -0.2) is 20.2 Å². The van der Waals surface area contributed by atoms with Gasteiger partial charge in [-0.05, 0) is 13.3 Å². The van der Waals surface area contributed by atoms with E-state index in [0.717, 1.165) is 11.4 Å². The predicted octanol–water partition coefficient (Wildman–Crippen LogP) is 2.29. The summed E-state index contributed by atoms with van der Waals surface area (Å²) in [6, 6.07) is 0.148. The lowest BCUT2D eigenvalue weighted by molar-refractivity contribution is 0.278. The first-order valence-electron chi connectivity index (χ1n) is 6.57. The molecule has 0 fully saturated rings. The molecular weight excluding hydrogens is 274 g/mol. The van der Waals surface area contributed by atoms with Crippen LogP contribution in [0.1, 0.15) is 41.2 Å². The highest BCUT2D eigenvalue weighted by Crippen LogP contribution is 2.25. The van der Waals surface area contributed by atoms with Gasteiger partial charge >= 0.3 is 0 Å². The lowest BCUT2D eigenvalue weighted by Gasteiger charge is -2.17. The summed E-state index contributed by atoms with van der Waals surface area (Å²) < 4.78 is 0. The summed E-state index contributed by atoms with van der Waals surface area (Å²) in [5, 5.41) is 25.8. The van der Waals surface area contributed by atoms with Gasteiger partial charge in [0.2, 0.25) is 0 Å². The fourth-order valence-electron chi connectivity index (χ4n) is 2.06. The molecule has 1 unspecified atom stereocenters. The highest BCUT2D eigenvalue weighted by Gasteiger charge is 2.15. The van der Waals surface area contributed by atoms with Gasteiger partial charge in [0.1, 0.15) is 10.8 Å². The highest BCUT2D eigenvalue weighted by atomic mass is 32.1. The third-order valence-electron chi connectivity index (χ3n) is 3.28. The number of rotatable bonds is 6. The Morgan fingerprint density at radius 1 is 1.40 bits per heavy atom. The first-order valence-corrected chi connectivity index (χ1v) is 7.45. The highest BCUT2D eigenvalue weighted by molar-refractivity contribution is 7.09. The molecule has 108 valence electrons. The predicted molar refractivity (Wildman–Crippen MR) is 78.5 cm³/mol. The minimum Gasteiger partial charge on any atom is -0.506 e. The Hall–Kier alpha value is -1.50. The number of aromatic hydroxyl groups is 1. The largest absolute Gasteiger partial charge is 0.506 e. The number of nitrogens with one attached hydrogen (secondary N) is 1. The molecule has 0 aliphatic rings. The molecule has 0 aliphatic carbocycles. The zero-order chi connectivity index (χ0) is 14.5. The first kappa shape index (κ1) is 14.9. The number of aryl methyl sites for hydroxylation is 1. The van der Waals surface area contributed by atoms with Crippen LogP contribution in [0, 0.1) is 6.92 Å². The zero-order valence-electron chi connectivity index (χ0n) is 11.6. The molecule has 0 spiro atoms. The number of aromatic nitrogens is 2. The van der Waals surface area contributed by atoms with Crippen molar-refractivity contribution in [2.45, 2.75) is 39.5 Å². The van der Waals surface area contributed by atoms with Crippen LogP contribution in [0.25, 0.3) is 0 Å². The van der Waals surface area contributed by atoms with Gasteiger partial charge in [0.25, 0.3) is 0 Å². The number of pyridine rings is 1. The third kappa shape index (κ3) is 3.15. The molecule has 0 bridgehead atoms. The summed E-state index contributed by atoms with van der Waals surface area (Å²) in [5.74, 6) is 0.151. The van der Waals surface area contributed by atoms with Crippen LogP contribution in [0.2, 0.25) is 0 Å². The van der Waals surface area contributed by atoms with Gasteiger partial charge in [-0.1, -0.05) is 6.92 Å². The van der Waals surface area contributed by atoms with Crippen molar-refractivity contribution in [3.05, 3.63) is 39.6 Å². The van der Waals surface area contributed by atoms with Crippen molar-refractivity contribution in [2.75, 3.05) is 0 Å². The minimum absolute atomic E-state index is 0.133. The summed E-state index contributed by atoms with van der Waals surface area (Å²) in [6.07, 6.45) is 4.31. The van der Waals surface area contributed by atoms with Gasteiger partial charge in [-0.2, -0.15) is 0 Å². The molecule has 20 heavy (non-hydrogen) atoms. The average Bonchev–Trinajstić information content (AvgIpc) is 2.98. The molecule has 0 radical (unpaired) electrons. The average molecular weight is 293 g/mol. The minimum atomic E-state index is -0.133. The standard InChI is InChI=1S/C14H19N3O2S/c1-3-12(14-15-4-5-20-14)17-7-11-10(8-18)6-16-9(2)13(11)19/h4-6,12,17-19H,3,7-8H2,1-2H3. The molecule has 6 heteroatoms. The summed E-state index contributed by atoms with van der Waals surface area (Å²) in [6.45, 7) is 4.18. The van der Waals surface area contributed by atoms with Gasteiger partial charge in [-0.15, -0.1) is 11.3 Å². The van der Waals surface area contributed by atoms with Crippen LogP contribution >= 0.6 is 11.3 Å². The van der Waals surface area contributed by atoms with Crippen molar-refractivity contribution < 1.29 is 10.2 Å². The van der Waals surface area contributed by atoms with Gasteiger partial charge in [0, 0.05) is 35.4 Å². The maximum Gasteiger partial charge on any atom is 0.141 e. The van der Waals surface area contributed by atoms with Crippen molar-refractivity contribution >= 4 is 11.3 Å². The van der Waals surface area contributed by atoms with E-state index in [1.807, 2.05) is 5.38 Å². The fraction of sp³-hybridized carbons (Fsp3) is 0.429. The molecule has 5 nitrogen and oxygen atoms in total. The van der Waals surface area contributed by atoms with E-state index in [0.29, 0.717) is 23.4 Å². The molecule has 2 aromatic heterocycles.